The Bertz CT molecular complexity index is 1410. The standard InChI is InChI=1S/C26H30FN11OS/c1-18-23(15-33-38(18)16-20-12-28-6-11-39-20)34-24-31-17-32-26(35-24)37-9-7-36(8-10-37)25-29-13-22(14-30-25)40-21-4-2-19(27)3-5-21/h2-5,13-15,17,20,28H,6-12,16H2,1H3,(H,31,32,34,35). The van der Waals surface area contributed by atoms with Crippen LogP contribution in [0.3, 0.4) is 0 Å². The Labute approximate surface area is 235 Å². The molecule has 0 saturated carbocycles. The number of aromatic nitrogens is 7. The number of rotatable bonds is 8. The normalized spacial score (nSPS) is 17.7. The van der Waals surface area contributed by atoms with Crippen LogP contribution in [0.4, 0.5) is 27.9 Å². The van der Waals surface area contributed by atoms with Crippen LogP contribution in [0.25, 0.3) is 0 Å². The number of nitrogens with zero attached hydrogens (tertiary/aromatic N) is 9. The number of hydrogen-bond donors (Lipinski definition) is 2. The molecule has 1 unspecified atom stereocenters. The highest BCUT2D eigenvalue weighted by atomic mass is 32.2. The molecule has 14 heteroatoms. The number of ether oxygens (including phenoxy) is 1. The molecule has 1 aromatic carbocycles. The summed E-state index contributed by atoms with van der Waals surface area (Å²) in [6.45, 7) is 8.06. The van der Waals surface area contributed by atoms with Crippen LogP contribution >= 0.6 is 11.8 Å². The monoisotopic (exact) mass is 563 g/mol. The van der Waals surface area contributed by atoms with Gasteiger partial charge >= 0.3 is 0 Å². The molecule has 0 amide bonds. The Hall–Kier alpha value is -3.88. The van der Waals surface area contributed by atoms with Gasteiger partial charge in [0, 0.05) is 61.5 Å². The molecule has 2 aliphatic rings. The third kappa shape index (κ3) is 6.29. The molecule has 3 aromatic heterocycles. The molecule has 0 aliphatic carbocycles. The van der Waals surface area contributed by atoms with Crippen molar-refractivity contribution in [1.82, 2.24) is 40.0 Å². The number of anilines is 4. The molecule has 40 heavy (non-hydrogen) atoms. The van der Waals surface area contributed by atoms with Gasteiger partial charge in [-0.2, -0.15) is 10.1 Å². The van der Waals surface area contributed by atoms with Gasteiger partial charge in [0.25, 0.3) is 0 Å². The largest absolute Gasteiger partial charge is 0.374 e. The summed E-state index contributed by atoms with van der Waals surface area (Å²) in [7, 11) is 0. The summed E-state index contributed by atoms with van der Waals surface area (Å²) in [5.41, 5.74) is 1.84. The average Bonchev–Trinajstić information content (AvgIpc) is 3.33. The van der Waals surface area contributed by atoms with E-state index < -0.39 is 0 Å². The molecule has 5 heterocycles. The number of halogens is 1. The molecule has 0 bridgehead atoms. The van der Waals surface area contributed by atoms with E-state index in [1.54, 1.807) is 30.7 Å². The van der Waals surface area contributed by atoms with Crippen LogP contribution in [0.15, 0.2) is 59.0 Å². The molecular weight excluding hydrogens is 533 g/mol. The minimum absolute atomic E-state index is 0.103. The molecule has 4 aromatic rings. The lowest BCUT2D eigenvalue weighted by Gasteiger charge is -2.34. The van der Waals surface area contributed by atoms with Crippen molar-refractivity contribution in [3.05, 3.63) is 60.7 Å². The van der Waals surface area contributed by atoms with Crippen molar-refractivity contribution in [2.24, 2.45) is 0 Å². The van der Waals surface area contributed by atoms with Gasteiger partial charge in [0.2, 0.25) is 17.8 Å². The maximum absolute atomic E-state index is 13.1. The number of benzene rings is 1. The van der Waals surface area contributed by atoms with Gasteiger partial charge in [0.15, 0.2) is 0 Å². The zero-order chi connectivity index (χ0) is 27.3. The molecule has 2 saturated heterocycles. The lowest BCUT2D eigenvalue weighted by Crippen LogP contribution is -2.47. The summed E-state index contributed by atoms with van der Waals surface area (Å²) in [5.74, 6) is 1.53. The van der Waals surface area contributed by atoms with Crippen molar-refractivity contribution < 1.29 is 9.13 Å². The predicted molar refractivity (Wildman–Crippen MR) is 150 cm³/mol. The summed E-state index contributed by atoms with van der Waals surface area (Å²) in [5, 5.41) is 11.2. The lowest BCUT2D eigenvalue weighted by atomic mass is 10.3. The topological polar surface area (TPSA) is 122 Å². The van der Waals surface area contributed by atoms with Gasteiger partial charge in [-0.05, 0) is 31.2 Å². The van der Waals surface area contributed by atoms with Crippen molar-refractivity contribution in [3.63, 3.8) is 0 Å². The van der Waals surface area contributed by atoms with Crippen LogP contribution in [-0.4, -0.2) is 86.7 Å². The minimum atomic E-state index is -0.249. The molecule has 2 aliphatic heterocycles. The first kappa shape index (κ1) is 26.3. The fraction of sp³-hybridized carbons (Fsp3) is 0.385. The smallest absolute Gasteiger partial charge is 0.232 e. The Morgan fingerprint density at radius 2 is 1.73 bits per heavy atom. The van der Waals surface area contributed by atoms with E-state index in [0.717, 1.165) is 67.0 Å². The maximum atomic E-state index is 13.1. The molecule has 2 N–H and O–H groups in total. The van der Waals surface area contributed by atoms with Gasteiger partial charge in [-0.1, -0.05) is 11.8 Å². The van der Waals surface area contributed by atoms with Crippen LogP contribution in [0.2, 0.25) is 0 Å². The number of hydrogen-bond acceptors (Lipinski definition) is 12. The van der Waals surface area contributed by atoms with Crippen LogP contribution in [-0.2, 0) is 11.3 Å². The first-order chi connectivity index (χ1) is 19.6. The predicted octanol–water partition coefficient (Wildman–Crippen LogP) is 2.52. The molecule has 2 fully saturated rings. The molecule has 12 nitrogen and oxygen atoms in total. The quantitative estimate of drug-likeness (QED) is 0.328. The fourth-order valence-electron chi connectivity index (χ4n) is 4.57. The molecule has 6 rings (SSSR count). The second-order valence-corrected chi connectivity index (χ2v) is 10.7. The van der Waals surface area contributed by atoms with E-state index in [1.165, 1.54) is 30.2 Å². The van der Waals surface area contributed by atoms with Crippen molar-refractivity contribution in [2.75, 3.05) is 61.0 Å². The van der Waals surface area contributed by atoms with E-state index in [9.17, 15) is 4.39 Å². The molecule has 208 valence electrons. The summed E-state index contributed by atoms with van der Waals surface area (Å²) in [6, 6.07) is 6.39. The Morgan fingerprint density at radius 1 is 0.975 bits per heavy atom. The van der Waals surface area contributed by atoms with Gasteiger partial charge in [0.05, 0.1) is 36.8 Å². The SMILES string of the molecule is Cc1c(Nc2ncnc(N3CCN(c4ncc(Sc5ccc(F)cc5)cn4)CC3)n2)cnn1CC1CNCCO1. The zero-order valence-electron chi connectivity index (χ0n) is 22.1. The van der Waals surface area contributed by atoms with E-state index >= 15 is 0 Å². The summed E-state index contributed by atoms with van der Waals surface area (Å²) >= 11 is 1.50. The fourth-order valence-corrected chi connectivity index (χ4v) is 5.33. The molecule has 0 spiro atoms. The second kappa shape index (κ2) is 12.1. The van der Waals surface area contributed by atoms with Crippen molar-refractivity contribution in [3.8, 4) is 0 Å². The number of morpholine rings is 1. The first-order valence-electron chi connectivity index (χ1n) is 13.2. The van der Waals surface area contributed by atoms with E-state index in [1.807, 2.05) is 11.6 Å². The zero-order valence-corrected chi connectivity index (χ0v) is 22.9. The highest BCUT2D eigenvalue weighted by Gasteiger charge is 2.22. The van der Waals surface area contributed by atoms with E-state index in [2.05, 4.69) is 50.5 Å². The first-order valence-corrected chi connectivity index (χ1v) is 14.0. The van der Waals surface area contributed by atoms with Gasteiger partial charge in [0.1, 0.15) is 12.1 Å². The van der Waals surface area contributed by atoms with E-state index in [4.69, 9.17) is 4.74 Å². The molecule has 1 atom stereocenters. The minimum Gasteiger partial charge on any atom is -0.374 e. The van der Waals surface area contributed by atoms with Crippen molar-refractivity contribution in [2.45, 2.75) is 29.4 Å². The van der Waals surface area contributed by atoms with Gasteiger partial charge < -0.3 is 25.2 Å². The van der Waals surface area contributed by atoms with Crippen molar-refractivity contribution >= 4 is 35.3 Å². The van der Waals surface area contributed by atoms with Crippen LogP contribution in [0.1, 0.15) is 5.69 Å². The summed E-state index contributed by atoms with van der Waals surface area (Å²) in [4.78, 5) is 28.6. The van der Waals surface area contributed by atoms with Crippen LogP contribution in [0, 0.1) is 12.7 Å². The van der Waals surface area contributed by atoms with Gasteiger partial charge in [-0.15, -0.1) is 0 Å². The van der Waals surface area contributed by atoms with Gasteiger partial charge in [-0.25, -0.2) is 24.3 Å². The summed E-state index contributed by atoms with van der Waals surface area (Å²) in [6.07, 6.45) is 7.02. The highest BCUT2D eigenvalue weighted by Crippen LogP contribution is 2.27. The maximum Gasteiger partial charge on any atom is 0.232 e. The van der Waals surface area contributed by atoms with Crippen LogP contribution in [0.5, 0.6) is 0 Å². The lowest BCUT2D eigenvalue weighted by molar-refractivity contribution is 0.0158. The molecular formula is C26H30FN11OS. The van der Waals surface area contributed by atoms with E-state index in [0.29, 0.717) is 24.4 Å². The van der Waals surface area contributed by atoms with E-state index in [-0.39, 0.29) is 11.9 Å². The summed E-state index contributed by atoms with van der Waals surface area (Å²) < 4.78 is 20.9. The molecule has 0 radical (unpaired) electrons. The average molecular weight is 564 g/mol. The number of piperazine rings is 1. The highest BCUT2D eigenvalue weighted by molar-refractivity contribution is 7.99. The second-order valence-electron chi connectivity index (χ2n) is 9.51. The van der Waals surface area contributed by atoms with Crippen molar-refractivity contribution in [1.29, 1.82) is 0 Å². The Kier molecular flexibility index (Phi) is 7.97. The van der Waals surface area contributed by atoms with Crippen LogP contribution < -0.4 is 20.4 Å². The third-order valence-corrected chi connectivity index (χ3v) is 7.75. The Morgan fingerprint density at radius 3 is 2.45 bits per heavy atom. The number of nitrogens with one attached hydrogen (secondary N) is 2. The third-order valence-electron chi connectivity index (χ3n) is 6.80. The Balaban J connectivity index is 1.03. The van der Waals surface area contributed by atoms with Gasteiger partial charge in [-0.3, -0.25) is 4.68 Å².